The van der Waals surface area contributed by atoms with Crippen LogP contribution in [0.2, 0.25) is 0 Å². The summed E-state index contributed by atoms with van der Waals surface area (Å²) in [5.74, 6) is -1.13. The van der Waals surface area contributed by atoms with Gasteiger partial charge in [-0.3, -0.25) is 14.4 Å². The highest BCUT2D eigenvalue weighted by Gasteiger charge is 2.19. The first-order valence-corrected chi connectivity index (χ1v) is 21.3. The number of hydrogen-bond donors (Lipinski definition) is 0. The molecule has 0 saturated heterocycles. The summed E-state index contributed by atoms with van der Waals surface area (Å²) in [6.07, 6.45) is 54.3. The molecule has 0 aliphatic carbocycles. The quantitative estimate of drug-likeness (QED) is 0.0209. The molecule has 0 fully saturated rings. The van der Waals surface area contributed by atoms with Crippen molar-refractivity contribution in [2.75, 3.05) is 13.2 Å². The average Bonchev–Trinajstić information content (AvgIpc) is 3.17. The Hall–Kier alpha value is -3.67. The van der Waals surface area contributed by atoms with Gasteiger partial charge in [0, 0.05) is 12.8 Å². The van der Waals surface area contributed by atoms with Crippen LogP contribution >= 0.6 is 0 Å². The summed E-state index contributed by atoms with van der Waals surface area (Å²) in [5.41, 5.74) is 0. The van der Waals surface area contributed by atoms with Crippen LogP contribution in [0.3, 0.4) is 0 Å². The smallest absolute Gasteiger partial charge is 0.310 e. The maximum atomic E-state index is 12.6. The van der Waals surface area contributed by atoms with Crippen molar-refractivity contribution in [1.29, 1.82) is 0 Å². The minimum absolute atomic E-state index is 0.0910. The summed E-state index contributed by atoms with van der Waals surface area (Å²) < 4.78 is 16.4. The van der Waals surface area contributed by atoms with Gasteiger partial charge in [-0.1, -0.05) is 169 Å². The van der Waals surface area contributed by atoms with E-state index in [2.05, 4.69) is 106 Å². The van der Waals surface area contributed by atoms with Crippen LogP contribution in [0.5, 0.6) is 0 Å². The molecule has 0 spiro atoms. The van der Waals surface area contributed by atoms with E-state index in [0.29, 0.717) is 12.8 Å². The molecule has 0 aliphatic heterocycles. The van der Waals surface area contributed by atoms with Gasteiger partial charge in [-0.15, -0.1) is 0 Å². The molecule has 0 aromatic rings. The van der Waals surface area contributed by atoms with Gasteiger partial charge in [0.05, 0.1) is 6.42 Å². The van der Waals surface area contributed by atoms with Crippen molar-refractivity contribution in [3.8, 4) is 0 Å². The molecule has 0 saturated carbocycles. The van der Waals surface area contributed by atoms with E-state index in [1.54, 1.807) is 6.08 Å². The lowest BCUT2D eigenvalue weighted by Gasteiger charge is -2.18. The molecule has 6 nitrogen and oxygen atoms in total. The maximum Gasteiger partial charge on any atom is 0.310 e. The average molecular weight is 749 g/mol. The van der Waals surface area contributed by atoms with Crippen molar-refractivity contribution in [1.82, 2.24) is 0 Å². The standard InChI is InChI=1S/C48H76O6/c1-4-7-10-13-16-19-20-21-22-23-24-25-26-27-30-32-35-38-41-47(50)53-44-45(54-48(51)42-39-36-33-29-18-15-12-9-6-3)43-52-46(49)40-37-34-31-28-17-14-11-8-5-2/h9,12,16,18-25,28-29,31,36,39,45H,4-8,10-11,13-15,17,26-27,30,32-35,37-38,40-44H2,1-3H3/b12-9-,19-16-,21-20-,23-22-,25-24-,29-18-,31-28-,39-36-. The van der Waals surface area contributed by atoms with Gasteiger partial charge < -0.3 is 14.2 Å². The number of allylic oxidation sites excluding steroid dienone is 15. The summed E-state index contributed by atoms with van der Waals surface area (Å²) in [6, 6.07) is 0. The molecule has 54 heavy (non-hydrogen) atoms. The van der Waals surface area contributed by atoms with E-state index >= 15 is 0 Å². The Morgan fingerprint density at radius 3 is 1.48 bits per heavy atom. The molecule has 0 heterocycles. The summed E-state index contributed by atoms with van der Waals surface area (Å²) in [7, 11) is 0. The zero-order chi connectivity index (χ0) is 39.4. The lowest BCUT2D eigenvalue weighted by atomic mass is 10.1. The van der Waals surface area contributed by atoms with Crippen molar-refractivity contribution in [3.63, 3.8) is 0 Å². The molecule has 304 valence electrons. The minimum atomic E-state index is -0.844. The molecular formula is C48H76O6. The SMILES string of the molecule is CC/C=C\C/C=C\C/C=C\CC(=O)OC(COC(=O)CCC/C=C\CCCCCC)COC(=O)CCCCCCC\C=C/C=C\C=C/C=C\CCCCC. The van der Waals surface area contributed by atoms with E-state index in [9.17, 15) is 14.4 Å². The summed E-state index contributed by atoms with van der Waals surface area (Å²) in [4.78, 5) is 37.4. The van der Waals surface area contributed by atoms with Crippen LogP contribution in [0, 0.1) is 0 Å². The van der Waals surface area contributed by atoms with Crippen molar-refractivity contribution in [2.45, 2.75) is 175 Å². The van der Waals surface area contributed by atoms with Crippen molar-refractivity contribution in [3.05, 3.63) is 97.2 Å². The second kappa shape index (κ2) is 42.1. The largest absolute Gasteiger partial charge is 0.462 e. The van der Waals surface area contributed by atoms with Crippen molar-refractivity contribution in [2.24, 2.45) is 0 Å². The molecular weight excluding hydrogens is 673 g/mol. The first kappa shape index (κ1) is 50.3. The fraction of sp³-hybridized carbons (Fsp3) is 0.604. The summed E-state index contributed by atoms with van der Waals surface area (Å²) in [5, 5.41) is 0. The van der Waals surface area contributed by atoms with Gasteiger partial charge in [-0.25, -0.2) is 0 Å². The summed E-state index contributed by atoms with van der Waals surface area (Å²) in [6.45, 7) is 6.26. The highest BCUT2D eigenvalue weighted by Crippen LogP contribution is 2.10. The Labute approximate surface area is 330 Å². The highest BCUT2D eigenvalue weighted by atomic mass is 16.6. The van der Waals surface area contributed by atoms with E-state index in [4.69, 9.17) is 14.2 Å². The van der Waals surface area contributed by atoms with Crippen LogP contribution in [0.1, 0.15) is 168 Å². The van der Waals surface area contributed by atoms with Crippen molar-refractivity contribution < 1.29 is 28.6 Å². The van der Waals surface area contributed by atoms with Crippen LogP contribution in [0.4, 0.5) is 0 Å². The van der Waals surface area contributed by atoms with Crippen LogP contribution in [0.25, 0.3) is 0 Å². The molecule has 0 amide bonds. The molecule has 0 radical (unpaired) electrons. The van der Waals surface area contributed by atoms with Crippen LogP contribution < -0.4 is 0 Å². The van der Waals surface area contributed by atoms with E-state index in [-0.39, 0.29) is 38.0 Å². The molecule has 1 atom stereocenters. The molecule has 0 N–H and O–H groups in total. The second-order valence-corrected chi connectivity index (χ2v) is 13.6. The maximum absolute atomic E-state index is 12.6. The lowest BCUT2D eigenvalue weighted by molar-refractivity contribution is -0.166. The number of hydrogen-bond acceptors (Lipinski definition) is 6. The van der Waals surface area contributed by atoms with Gasteiger partial charge in [-0.05, 0) is 77.0 Å². The predicted octanol–water partition coefficient (Wildman–Crippen LogP) is 13.5. The topological polar surface area (TPSA) is 78.9 Å². The Morgan fingerprint density at radius 2 is 0.870 bits per heavy atom. The number of esters is 3. The van der Waals surface area contributed by atoms with Gasteiger partial charge >= 0.3 is 17.9 Å². The number of unbranched alkanes of at least 4 members (excludes halogenated alkanes) is 13. The number of ether oxygens (including phenoxy) is 3. The van der Waals surface area contributed by atoms with Gasteiger partial charge in [-0.2, -0.15) is 0 Å². The number of carbonyl (C=O) groups is 3. The van der Waals surface area contributed by atoms with E-state index in [1.165, 1.54) is 44.9 Å². The fourth-order valence-corrected chi connectivity index (χ4v) is 5.22. The number of rotatable bonds is 36. The number of carbonyl (C=O) groups excluding carboxylic acids is 3. The first-order chi connectivity index (χ1) is 26.5. The molecule has 1 unspecified atom stereocenters. The monoisotopic (exact) mass is 749 g/mol. The van der Waals surface area contributed by atoms with Crippen LogP contribution in [-0.2, 0) is 28.6 Å². The third-order valence-electron chi connectivity index (χ3n) is 8.42. The normalized spacial score (nSPS) is 13.0. The molecule has 0 aromatic carbocycles. The van der Waals surface area contributed by atoms with E-state index < -0.39 is 12.1 Å². The third kappa shape index (κ3) is 39.5. The Kier molecular flexibility index (Phi) is 39.2. The third-order valence-corrected chi connectivity index (χ3v) is 8.42. The first-order valence-electron chi connectivity index (χ1n) is 21.3. The van der Waals surface area contributed by atoms with Crippen molar-refractivity contribution >= 4 is 17.9 Å². The molecule has 0 bridgehead atoms. The van der Waals surface area contributed by atoms with Crippen LogP contribution in [-0.4, -0.2) is 37.2 Å². The van der Waals surface area contributed by atoms with Gasteiger partial charge in [0.1, 0.15) is 13.2 Å². The fourth-order valence-electron chi connectivity index (χ4n) is 5.22. The zero-order valence-electron chi connectivity index (χ0n) is 34.4. The zero-order valence-corrected chi connectivity index (χ0v) is 34.4. The minimum Gasteiger partial charge on any atom is -0.462 e. The van der Waals surface area contributed by atoms with Gasteiger partial charge in [0.15, 0.2) is 6.10 Å². The van der Waals surface area contributed by atoms with E-state index in [0.717, 1.165) is 77.0 Å². The van der Waals surface area contributed by atoms with E-state index in [1.807, 2.05) is 6.08 Å². The Morgan fingerprint density at radius 1 is 0.426 bits per heavy atom. The molecule has 6 heteroatoms. The highest BCUT2D eigenvalue weighted by molar-refractivity contribution is 5.72. The van der Waals surface area contributed by atoms with Gasteiger partial charge in [0.2, 0.25) is 0 Å². The predicted molar refractivity (Wildman–Crippen MR) is 228 cm³/mol. The lowest BCUT2D eigenvalue weighted by Crippen LogP contribution is -2.30. The molecule has 0 aromatic heterocycles. The van der Waals surface area contributed by atoms with Crippen LogP contribution in [0.15, 0.2) is 97.2 Å². The second-order valence-electron chi connectivity index (χ2n) is 13.6. The Balaban J connectivity index is 4.47. The Bertz CT molecular complexity index is 1140. The molecule has 0 aliphatic rings. The summed E-state index contributed by atoms with van der Waals surface area (Å²) >= 11 is 0. The molecule has 0 rings (SSSR count). The van der Waals surface area contributed by atoms with Gasteiger partial charge in [0.25, 0.3) is 0 Å².